The lowest BCUT2D eigenvalue weighted by atomic mass is 10.1. The number of phosphoric ester groups is 1. The Labute approximate surface area is 115 Å². The first-order valence-corrected chi connectivity index (χ1v) is 8.34. The number of amides is 1. The Morgan fingerprint density at radius 2 is 1.68 bits per heavy atom. The summed E-state index contributed by atoms with van der Waals surface area (Å²) in [6.45, 7) is 3.90. The van der Waals surface area contributed by atoms with Gasteiger partial charge < -0.3 is 10.2 Å². The highest BCUT2D eigenvalue weighted by Gasteiger charge is 2.19. The van der Waals surface area contributed by atoms with Crippen LogP contribution in [0.4, 0.5) is 0 Å². The SMILES string of the molecule is CCCCCCCCOP(=O)(O)OCCNC(C)=O. The minimum Gasteiger partial charge on any atom is -0.354 e. The Bertz CT molecular complexity index is 285. The quantitative estimate of drug-likeness (QED) is 0.427. The van der Waals surface area contributed by atoms with E-state index in [1.54, 1.807) is 0 Å². The molecule has 0 aromatic rings. The molecule has 6 nitrogen and oxygen atoms in total. The van der Waals surface area contributed by atoms with Crippen molar-refractivity contribution in [3.8, 4) is 0 Å². The molecule has 114 valence electrons. The van der Waals surface area contributed by atoms with Gasteiger partial charge in [0.15, 0.2) is 0 Å². The summed E-state index contributed by atoms with van der Waals surface area (Å²) in [5, 5.41) is 2.46. The molecule has 0 aromatic heterocycles. The fourth-order valence-electron chi connectivity index (χ4n) is 1.49. The molecule has 19 heavy (non-hydrogen) atoms. The molecule has 1 amide bonds. The van der Waals surface area contributed by atoms with Crippen LogP contribution in [0.15, 0.2) is 0 Å². The summed E-state index contributed by atoms with van der Waals surface area (Å²) in [5.74, 6) is -0.204. The lowest BCUT2D eigenvalue weighted by Crippen LogP contribution is -2.24. The predicted octanol–water partition coefficient (Wildman–Crippen LogP) is 2.62. The summed E-state index contributed by atoms with van der Waals surface area (Å²) in [6, 6.07) is 0. The van der Waals surface area contributed by atoms with Crippen LogP contribution in [0.3, 0.4) is 0 Å². The van der Waals surface area contributed by atoms with Crippen molar-refractivity contribution in [3.05, 3.63) is 0 Å². The van der Waals surface area contributed by atoms with Crippen molar-refractivity contribution in [2.24, 2.45) is 0 Å². The van der Waals surface area contributed by atoms with E-state index < -0.39 is 7.82 Å². The number of carbonyl (C=O) groups is 1. The molecule has 0 aliphatic carbocycles. The first kappa shape index (κ1) is 18.6. The maximum absolute atomic E-state index is 11.4. The molecule has 7 heteroatoms. The fraction of sp³-hybridized carbons (Fsp3) is 0.917. The number of carbonyl (C=O) groups excluding carboxylic acids is 1. The van der Waals surface area contributed by atoms with E-state index in [1.807, 2.05) is 0 Å². The Hall–Kier alpha value is -0.420. The largest absolute Gasteiger partial charge is 0.472 e. The van der Waals surface area contributed by atoms with Gasteiger partial charge in [-0.3, -0.25) is 13.8 Å². The molecule has 0 spiro atoms. The van der Waals surface area contributed by atoms with Crippen LogP contribution in [-0.2, 0) is 18.4 Å². The van der Waals surface area contributed by atoms with Crippen molar-refractivity contribution in [2.75, 3.05) is 19.8 Å². The van der Waals surface area contributed by atoms with Gasteiger partial charge >= 0.3 is 7.82 Å². The van der Waals surface area contributed by atoms with Crippen molar-refractivity contribution in [2.45, 2.75) is 52.4 Å². The molecule has 0 aliphatic rings. The van der Waals surface area contributed by atoms with E-state index in [0.717, 1.165) is 19.3 Å². The summed E-state index contributed by atoms with van der Waals surface area (Å²) in [6.07, 6.45) is 6.49. The van der Waals surface area contributed by atoms with Gasteiger partial charge in [0.05, 0.1) is 13.2 Å². The van der Waals surface area contributed by atoms with Crippen LogP contribution >= 0.6 is 7.82 Å². The Balaban J connectivity index is 3.46. The molecule has 0 bridgehead atoms. The zero-order chi connectivity index (χ0) is 14.6. The average Bonchev–Trinajstić information content (AvgIpc) is 2.33. The number of hydrogen-bond acceptors (Lipinski definition) is 4. The van der Waals surface area contributed by atoms with Gasteiger partial charge in [0.25, 0.3) is 0 Å². The summed E-state index contributed by atoms with van der Waals surface area (Å²) in [7, 11) is -3.97. The van der Waals surface area contributed by atoms with Gasteiger partial charge in [-0.05, 0) is 6.42 Å². The standard InChI is InChI=1S/C12H26NO5P/c1-3-4-5-6-7-8-10-17-19(15,16)18-11-9-13-12(2)14/h3-11H2,1-2H3,(H,13,14)(H,15,16). The lowest BCUT2D eigenvalue weighted by Gasteiger charge is -2.12. The predicted molar refractivity (Wildman–Crippen MR) is 73.8 cm³/mol. The van der Waals surface area contributed by atoms with Gasteiger partial charge in [-0.1, -0.05) is 39.0 Å². The summed E-state index contributed by atoms with van der Waals surface area (Å²) in [5.41, 5.74) is 0. The molecule has 1 atom stereocenters. The van der Waals surface area contributed by atoms with Gasteiger partial charge in [-0.25, -0.2) is 4.57 Å². The van der Waals surface area contributed by atoms with Crippen LogP contribution in [0.1, 0.15) is 52.4 Å². The number of rotatable bonds is 12. The van der Waals surface area contributed by atoms with Crippen molar-refractivity contribution in [1.29, 1.82) is 0 Å². The second-order valence-corrected chi connectivity index (χ2v) is 5.84. The molecule has 0 heterocycles. The van der Waals surface area contributed by atoms with E-state index >= 15 is 0 Å². The second-order valence-electron chi connectivity index (χ2n) is 4.39. The first-order valence-electron chi connectivity index (χ1n) is 6.84. The maximum Gasteiger partial charge on any atom is 0.472 e. The summed E-state index contributed by atoms with van der Waals surface area (Å²) < 4.78 is 20.9. The Kier molecular flexibility index (Phi) is 11.2. The molecule has 0 radical (unpaired) electrons. The highest BCUT2D eigenvalue weighted by Crippen LogP contribution is 2.42. The van der Waals surface area contributed by atoms with Gasteiger partial charge in [-0.2, -0.15) is 0 Å². The number of unbranched alkanes of at least 4 members (excludes halogenated alkanes) is 5. The topological polar surface area (TPSA) is 84.9 Å². The van der Waals surface area contributed by atoms with Crippen LogP contribution in [0.5, 0.6) is 0 Å². The van der Waals surface area contributed by atoms with Gasteiger partial charge in [0, 0.05) is 13.5 Å². The number of nitrogens with one attached hydrogen (secondary N) is 1. The van der Waals surface area contributed by atoms with Crippen LogP contribution in [0.2, 0.25) is 0 Å². The number of hydrogen-bond donors (Lipinski definition) is 2. The molecule has 2 N–H and O–H groups in total. The van der Waals surface area contributed by atoms with E-state index in [0.29, 0.717) is 0 Å². The van der Waals surface area contributed by atoms with Gasteiger partial charge in [0.2, 0.25) is 5.91 Å². The van der Waals surface area contributed by atoms with Crippen LogP contribution in [-0.4, -0.2) is 30.6 Å². The normalized spacial score (nSPS) is 14.1. The van der Waals surface area contributed by atoms with E-state index in [1.165, 1.54) is 26.2 Å². The smallest absolute Gasteiger partial charge is 0.354 e. The molecular formula is C12H26NO5P. The third-order valence-electron chi connectivity index (χ3n) is 2.48. The Morgan fingerprint density at radius 3 is 2.32 bits per heavy atom. The van der Waals surface area contributed by atoms with Crippen molar-refractivity contribution in [1.82, 2.24) is 5.32 Å². The summed E-state index contributed by atoms with van der Waals surface area (Å²) in [4.78, 5) is 19.9. The minimum atomic E-state index is -3.97. The average molecular weight is 295 g/mol. The fourth-order valence-corrected chi connectivity index (χ4v) is 2.24. The second kappa shape index (κ2) is 11.4. The third-order valence-corrected chi connectivity index (χ3v) is 3.50. The lowest BCUT2D eigenvalue weighted by molar-refractivity contribution is -0.119. The third kappa shape index (κ3) is 13.8. The first-order chi connectivity index (χ1) is 8.98. The highest BCUT2D eigenvalue weighted by molar-refractivity contribution is 7.47. The van der Waals surface area contributed by atoms with Gasteiger partial charge in [-0.15, -0.1) is 0 Å². The molecule has 1 unspecified atom stereocenters. The highest BCUT2D eigenvalue weighted by atomic mass is 31.2. The molecule has 0 fully saturated rings. The van der Waals surface area contributed by atoms with Crippen molar-refractivity contribution < 1.29 is 23.3 Å². The maximum atomic E-state index is 11.4. The zero-order valence-electron chi connectivity index (χ0n) is 11.9. The molecule has 0 saturated carbocycles. The molecule has 0 rings (SSSR count). The van der Waals surface area contributed by atoms with Crippen LogP contribution in [0, 0.1) is 0 Å². The van der Waals surface area contributed by atoms with Crippen LogP contribution < -0.4 is 5.32 Å². The van der Waals surface area contributed by atoms with E-state index in [2.05, 4.69) is 12.2 Å². The van der Waals surface area contributed by atoms with E-state index in [9.17, 15) is 14.3 Å². The van der Waals surface area contributed by atoms with Crippen molar-refractivity contribution in [3.63, 3.8) is 0 Å². The van der Waals surface area contributed by atoms with Crippen LogP contribution in [0.25, 0.3) is 0 Å². The molecular weight excluding hydrogens is 269 g/mol. The van der Waals surface area contributed by atoms with Gasteiger partial charge in [0.1, 0.15) is 0 Å². The zero-order valence-corrected chi connectivity index (χ0v) is 12.8. The van der Waals surface area contributed by atoms with Crippen molar-refractivity contribution >= 4 is 13.7 Å². The van der Waals surface area contributed by atoms with E-state index in [4.69, 9.17) is 9.05 Å². The molecule has 0 aromatic carbocycles. The monoisotopic (exact) mass is 295 g/mol. The number of phosphoric acid groups is 1. The molecule has 0 saturated heterocycles. The summed E-state index contributed by atoms with van der Waals surface area (Å²) >= 11 is 0. The Morgan fingerprint density at radius 1 is 1.11 bits per heavy atom. The molecule has 0 aliphatic heterocycles. The van der Waals surface area contributed by atoms with E-state index in [-0.39, 0.29) is 25.7 Å². The minimum absolute atomic E-state index is 0.0378.